The van der Waals surface area contributed by atoms with E-state index in [1.54, 1.807) is 0 Å². The Hall–Kier alpha value is -2.33. The van der Waals surface area contributed by atoms with Crippen LogP contribution in [0.3, 0.4) is 0 Å². The summed E-state index contributed by atoms with van der Waals surface area (Å²) in [6.07, 6.45) is 0. The average Bonchev–Trinajstić information content (AvgIpc) is 2.64. The lowest BCUT2D eigenvalue weighted by atomic mass is 10.0. The fourth-order valence-corrected chi connectivity index (χ4v) is 3.26. The average molecular weight is 351 g/mol. The third-order valence-electron chi connectivity index (χ3n) is 5.17. The second-order valence-corrected chi connectivity index (χ2v) is 7.52. The number of amides is 1. The van der Waals surface area contributed by atoms with E-state index in [0.717, 1.165) is 37.4 Å². The third-order valence-corrected chi connectivity index (χ3v) is 5.17. The maximum atomic E-state index is 12.5. The molecule has 1 aliphatic rings. The summed E-state index contributed by atoms with van der Waals surface area (Å²) in [7, 11) is 2.16. The summed E-state index contributed by atoms with van der Waals surface area (Å²) in [5, 5.41) is 3.05. The van der Waals surface area contributed by atoms with Gasteiger partial charge in [-0.3, -0.25) is 4.79 Å². The molecule has 3 rings (SSSR count). The number of piperazine rings is 1. The Balaban J connectivity index is 1.68. The van der Waals surface area contributed by atoms with E-state index >= 15 is 0 Å². The lowest BCUT2D eigenvalue weighted by molar-refractivity contribution is 0.102. The summed E-state index contributed by atoms with van der Waals surface area (Å²) in [6, 6.07) is 14.2. The van der Waals surface area contributed by atoms with Crippen LogP contribution in [0, 0.1) is 6.92 Å². The first-order valence-electron chi connectivity index (χ1n) is 9.39. The van der Waals surface area contributed by atoms with Crippen molar-refractivity contribution in [1.29, 1.82) is 0 Å². The van der Waals surface area contributed by atoms with Crippen molar-refractivity contribution in [2.75, 3.05) is 43.4 Å². The zero-order valence-corrected chi connectivity index (χ0v) is 16.2. The fraction of sp³-hybridized carbons (Fsp3) is 0.409. The number of rotatable bonds is 4. The Morgan fingerprint density at radius 1 is 1.00 bits per heavy atom. The van der Waals surface area contributed by atoms with E-state index in [2.05, 4.69) is 55.1 Å². The molecule has 1 heterocycles. The first-order valence-corrected chi connectivity index (χ1v) is 9.39. The van der Waals surface area contributed by atoms with Gasteiger partial charge >= 0.3 is 0 Å². The minimum Gasteiger partial charge on any atom is -0.369 e. The van der Waals surface area contributed by atoms with E-state index in [9.17, 15) is 4.79 Å². The number of carbonyl (C=O) groups excluding carboxylic acids is 1. The summed E-state index contributed by atoms with van der Waals surface area (Å²) in [5.74, 6) is 0.409. The Labute approximate surface area is 156 Å². The van der Waals surface area contributed by atoms with E-state index in [-0.39, 0.29) is 5.91 Å². The first-order chi connectivity index (χ1) is 12.4. The van der Waals surface area contributed by atoms with Crippen LogP contribution in [0.4, 0.5) is 11.4 Å². The molecule has 26 heavy (non-hydrogen) atoms. The van der Waals surface area contributed by atoms with Crippen molar-refractivity contribution in [3.8, 4) is 0 Å². The highest BCUT2D eigenvalue weighted by Crippen LogP contribution is 2.24. The van der Waals surface area contributed by atoms with Crippen LogP contribution in [0.2, 0.25) is 0 Å². The van der Waals surface area contributed by atoms with Gasteiger partial charge in [0.25, 0.3) is 5.91 Å². The highest BCUT2D eigenvalue weighted by atomic mass is 16.1. The largest absolute Gasteiger partial charge is 0.369 e. The maximum absolute atomic E-state index is 12.5. The van der Waals surface area contributed by atoms with Crippen molar-refractivity contribution in [1.82, 2.24) is 4.90 Å². The smallest absolute Gasteiger partial charge is 0.255 e. The van der Waals surface area contributed by atoms with E-state index in [0.29, 0.717) is 11.5 Å². The Morgan fingerprint density at radius 3 is 2.23 bits per heavy atom. The molecule has 2 aromatic rings. The highest BCUT2D eigenvalue weighted by Gasteiger charge is 2.15. The molecule has 1 saturated heterocycles. The molecule has 1 fully saturated rings. The number of hydrogen-bond acceptors (Lipinski definition) is 3. The molecule has 1 N–H and O–H groups in total. The lowest BCUT2D eigenvalue weighted by Crippen LogP contribution is -2.44. The molecule has 0 aliphatic carbocycles. The standard InChI is InChI=1S/C22H29N3O/c1-16(2)18-5-7-19(8-6-18)22(26)23-21-10-9-20(15-17(21)3)25-13-11-24(4)12-14-25/h5-10,15-16H,11-14H2,1-4H3,(H,23,26). The van der Waals surface area contributed by atoms with E-state index in [1.807, 2.05) is 30.3 Å². The van der Waals surface area contributed by atoms with Gasteiger partial charge in [-0.1, -0.05) is 26.0 Å². The maximum Gasteiger partial charge on any atom is 0.255 e. The van der Waals surface area contributed by atoms with Crippen LogP contribution in [0.1, 0.15) is 41.3 Å². The molecule has 0 saturated carbocycles. The summed E-state index contributed by atoms with van der Waals surface area (Å²) in [5.41, 5.74) is 5.13. The highest BCUT2D eigenvalue weighted by molar-refractivity contribution is 6.04. The zero-order chi connectivity index (χ0) is 18.7. The van der Waals surface area contributed by atoms with Gasteiger partial charge in [-0.25, -0.2) is 0 Å². The number of likely N-dealkylation sites (N-methyl/N-ethyl adjacent to an activating group) is 1. The molecule has 0 atom stereocenters. The second-order valence-electron chi connectivity index (χ2n) is 7.52. The molecule has 2 aromatic carbocycles. The van der Waals surface area contributed by atoms with Gasteiger partial charge in [0, 0.05) is 43.1 Å². The summed E-state index contributed by atoms with van der Waals surface area (Å²) in [6.45, 7) is 10.6. The van der Waals surface area contributed by atoms with Crippen LogP contribution in [-0.4, -0.2) is 44.0 Å². The first kappa shape index (κ1) is 18.5. The lowest BCUT2D eigenvalue weighted by Gasteiger charge is -2.34. The van der Waals surface area contributed by atoms with E-state index in [1.165, 1.54) is 11.3 Å². The monoisotopic (exact) mass is 351 g/mol. The molecule has 0 spiro atoms. The third kappa shape index (κ3) is 4.25. The molecule has 4 nitrogen and oxygen atoms in total. The van der Waals surface area contributed by atoms with E-state index in [4.69, 9.17) is 0 Å². The molecule has 0 unspecified atom stereocenters. The van der Waals surface area contributed by atoms with Crippen LogP contribution in [0.25, 0.3) is 0 Å². The van der Waals surface area contributed by atoms with Crippen LogP contribution < -0.4 is 10.2 Å². The topological polar surface area (TPSA) is 35.6 Å². The number of nitrogens with zero attached hydrogens (tertiary/aromatic N) is 2. The number of hydrogen-bond donors (Lipinski definition) is 1. The summed E-state index contributed by atoms with van der Waals surface area (Å²) in [4.78, 5) is 17.3. The van der Waals surface area contributed by atoms with Crippen LogP contribution in [-0.2, 0) is 0 Å². The SMILES string of the molecule is Cc1cc(N2CCN(C)CC2)ccc1NC(=O)c1ccc(C(C)C)cc1. The molecule has 0 aromatic heterocycles. The van der Waals surface area contributed by atoms with Crippen LogP contribution in [0.15, 0.2) is 42.5 Å². The molecular formula is C22H29N3O. The molecule has 0 radical (unpaired) electrons. The number of aryl methyl sites for hydroxylation is 1. The van der Waals surface area contributed by atoms with Crippen molar-refractivity contribution >= 4 is 17.3 Å². The van der Waals surface area contributed by atoms with Gasteiger partial charge in [0.05, 0.1) is 0 Å². The summed E-state index contributed by atoms with van der Waals surface area (Å²) < 4.78 is 0. The van der Waals surface area contributed by atoms with Gasteiger partial charge in [-0.2, -0.15) is 0 Å². The predicted octanol–water partition coefficient (Wildman–Crippen LogP) is 4.12. The van der Waals surface area contributed by atoms with Gasteiger partial charge in [-0.15, -0.1) is 0 Å². The van der Waals surface area contributed by atoms with Crippen molar-refractivity contribution in [3.05, 3.63) is 59.2 Å². The Morgan fingerprint density at radius 2 is 1.65 bits per heavy atom. The van der Waals surface area contributed by atoms with Crippen molar-refractivity contribution in [3.63, 3.8) is 0 Å². The number of benzene rings is 2. The van der Waals surface area contributed by atoms with Gasteiger partial charge in [0.15, 0.2) is 0 Å². The van der Waals surface area contributed by atoms with E-state index < -0.39 is 0 Å². The molecule has 4 heteroatoms. The molecule has 1 amide bonds. The van der Waals surface area contributed by atoms with Gasteiger partial charge in [0.1, 0.15) is 0 Å². The number of carbonyl (C=O) groups is 1. The van der Waals surface area contributed by atoms with Gasteiger partial charge in [0.2, 0.25) is 0 Å². The Kier molecular flexibility index (Phi) is 5.62. The number of anilines is 2. The summed E-state index contributed by atoms with van der Waals surface area (Å²) >= 11 is 0. The molecular weight excluding hydrogens is 322 g/mol. The minimum atomic E-state index is -0.0595. The molecule has 0 bridgehead atoms. The normalized spacial score (nSPS) is 15.3. The Bertz CT molecular complexity index is 759. The fourth-order valence-electron chi connectivity index (χ4n) is 3.26. The van der Waals surface area contributed by atoms with Gasteiger partial charge in [-0.05, 0) is 61.3 Å². The predicted molar refractivity (Wildman–Crippen MR) is 109 cm³/mol. The molecule has 138 valence electrons. The van der Waals surface area contributed by atoms with Gasteiger partial charge < -0.3 is 15.1 Å². The quantitative estimate of drug-likeness (QED) is 0.900. The van der Waals surface area contributed by atoms with Crippen molar-refractivity contribution < 1.29 is 4.79 Å². The minimum absolute atomic E-state index is 0.0595. The number of nitrogens with one attached hydrogen (secondary N) is 1. The van der Waals surface area contributed by atoms with Crippen LogP contribution in [0.5, 0.6) is 0 Å². The zero-order valence-electron chi connectivity index (χ0n) is 16.2. The molecule has 1 aliphatic heterocycles. The van der Waals surface area contributed by atoms with Crippen molar-refractivity contribution in [2.45, 2.75) is 26.7 Å². The second kappa shape index (κ2) is 7.92. The van der Waals surface area contributed by atoms with Crippen molar-refractivity contribution in [2.24, 2.45) is 0 Å². The van der Waals surface area contributed by atoms with Crippen LogP contribution >= 0.6 is 0 Å².